The largest absolute Gasteiger partial charge is 0.494 e. The van der Waals surface area contributed by atoms with Crippen LogP contribution in [0.3, 0.4) is 0 Å². The van der Waals surface area contributed by atoms with Crippen LogP contribution < -0.4 is 20.7 Å². The summed E-state index contributed by atoms with van der Waals surface area (Å²) >= 11 is 0. The van der Waals surface area contributed by atoms with Crippen molar-refractivity contribution < 1.29 is 18.6 Å². The first kappa shape index (κ1) is 53.2. The van der Waals surface area contributed by atoms with Crippen molar-refractivity contribution in [3.05, 3.63) is 241 Å². The summed E-state index contributed by atoms with van der Waals surface area (Å²) in [6.07, 6.45) is 3.42. The van der Waals surface area contributed by atoms with Crippen molar-refractivity contribution in [2.75, 3.05) is 9.80 Å². The van der Waals surface area contributed by atoms with Crippen LogP contribution in [-0.4, -0.2) is 36.6 Å². The van der Waals surface area contributed by atoms with Crippen molar-refractivity contribution in [2.24, 2.45) is 0 Å². The van der Waals surface area contributed by atoms with Crippen LogP contribution in [0.5, 0.6) is 0 Å². The first-order chi connectivity index (χ1) is 38.4. The van der Waals surface area contributed by atoms with Gasteiger partial charge >= 0.3 is 14.2 Å². The van der Waals surface area contributed by atoms with Gasteiger partial charge in [0.1, 0.15) is 0 Å². The fraction of sp³-hybridized carbons (Fsp3) is 0.250. The topological polar surface area (TPSA) is 43.4 Å². The molecule has 0 spiro atoms. The highest BCUT2D eigenvalue weighted by Gasteiger charge is 2.53. The number of fused-ring (bicyclic) bond motifs is 3. The van der Waals surface area contributed by atoms with E-state index in [1.807, 2.05) is 0 Å². The first-order valence-electron chi connectivity index (χ1n) is 28.6. The number of rotatable bonds is 14. The zero-order chi connectivity index (χ0) is 55.6. The Balaban J connectivity index is 1.00. The molecule has 0 amide bonds. The molecule has 3 aliphatic rings. The van der Waals surface area contributed by atoms with Gasteiger partial charge in [0.05, 0.1) is 22.4 Å². The lowest BCUT2D eigenvalue weighted by Gasteiger charge is -2.32. The smallest absolute Gasteiger partial charge is 0.399 e. The molecule has 0 radical (unpaired) electrons. The summed E-state index contributed by atoms with van der Waals surface area (Å²) < 4.78 is 26.1. The molecule has 0 N–H and O–H groups in total. The van der Waals surface area contributed by atoms with Crippen LogP contribution in [0, 0.1) is 0 Å². The lowest BCUT2D eigenvalue weighted by Crippen LogP contribution is -2.41. The fourth-order valence-electron chi connectivity index (χ4n) is 11.8. The average Bonchev–Trinajstić information content (AvgIpc) is 3.97. The molecule has 1 aliphatic carbocycles. The fourth-order valence-corrected chi connectivity index (χ4v) is 11.8. The van der Waals surface area contributed by atoms with Crippen molar-refractivity contribution in [1.82, 2.24) is 0 Å². The zero-order valence-electron chi connectivity index (χ0n) is 48.1. The monoisotopic (exact) mass is 1050 g/mol. The van der Waals surface area contributed by atoms with E-state index in [2.05, 4.69) is 297 Å². The van der Waals surface area contributed by atoms with Crippen LogP contribution >= 0.6 is 0 Å². The van der Waals surface area contributed by atoms with E-state index >= 15 is 0 Å². The van der Waals surface area contributed by atoms with Crippen LogP contribution in [0.1, 0.15) is 104 Å². The Bertz CT molecular complexity index is 3410. The van der Waals surface area contributed by atoms with Gasteiger partial charge in [-0.05, 0) is 215 Å². The molecular formula is C72H72B2N2O4. The Morgan fingerprint density at radius 1 is 0.350 bits per heavy atom. The lowest BCUT2D eigenvalue weighted by molar-refractivity contribution is 0.00578. The highest BCUT2D eigenvalue weighted by Crippen LogP contribution is 2.55. The van der Waals surface area contributed by atoms with Crippen LogP contribution in [-0.2, 0) is 30.5 Å². The van der Waals surface area contributed by atoms with Crippen LogP contribution in [0.25, 0.3) is 33.4 Å². The van der Waals surface area contributed by atoms with E-state index in [1.54, 1.807) is 0 Å². The number of hydrogen-bond acceptors (Lipinski definition) is 6. The molecule has 8 heteroatoms. The molecule has 2 aliphatic heterocycles. The summed E-state index contributed by atoms with van der Waals surface area (Å²) in [7, 11) is -0.933. The number of aryl methyl sites for hydroxylation is 1. The minimum Gasteiger partial charge on any atom is -0.399 e. The molecule has 80 heavy (non-hydrogen) atoms. The number of anilines is 6. The van der Waals surface area contributed by atoms with Crippen LogP contribution in [0.15, 0.2) is 218 Å². The maximum atomic E-state index is 6.53. The molecule has 12 rings (SSSR count). The third kappa shape index (κ3) is 9.60. The van der Waals surface area contributed by atoms with E-state index < -0.39 is 42.1 Å². The number of nitrogens with zero attached hydrogens (tertiary/aromatic N) is 2. The van der Waals surface area contributed by atoms with E-state index in [4.69, 9.17) is 18.6 Å². The predicted octanol–water partition coefficient (Wildman–Crippen LogP) is 17.2. The van der Waals surface area contributed by atoms with Crippen molar-refractivity contribution in [2.45, 2.75) is 116 Å². The molecule has 2 heterocycles. The van der Waals surface area contributed by atoms with E-state index in [0.29, 0.717) is 0 Å². The van der Waals surface area contributed by atoms with Gasteiger partial charge in [-0.15, -0.1) is 0 Å². The molecule has 9 aromatic rings. The van der Waals surface area contributed by atoms with E-state index in [1.165, 1.54) is 68.5 Å². The van der Waals surface area contributed by atoms with Gasteiger partial charge in [0, 0.05) is 39.5 Å². The Labute approximate surface area is 475 Å². The highest BCUT2D eigenvalue weighted by molar-refractivity contribution is 6.62. The molecule has 2 saturated heterocycles. The normalized spacial score (nSPS) is 17.0. The molecule has 0 bridgehead atoms. The maximum absolute atomic E-state index is 6.53. The summed E-state index contributed by atoms with van der Waals surface area (Å²) in [5.41, 5.74) is 18.3. The zero-order valence-corrected chi connectivity index (χ0v) is 48.1. The second-order valence-corrected chi connectivity index (χ2v) is 24.2. The summed E-state index contributed by atoms with van der Waals surface area (Å²) in [5, 5.41) is 0. The predicted molar refractivity (Wildman–Crippen MR) is 334 cm³/mol. The van der Waals surface area contributed by atoms with Gasteiger partial charge in [-0.2, -0.15) is 0 Å². The second kappa shape index (κ2) is 20.6. The van der Waals surface area contributed by atoms with Gasteiger partial charge in [-0.1, -0.05) is 159 Å². The molecule has 9 aromatic carbocycles. The summed E-state index contributed by atoms with van der Waals surface area (Å²) in [4.78, 5) is 4.76. The molecule has 6 nitrogen and oxygen atoms in total. The molecule has 0 atom stereocenters. The van der Waals surface area contributed by atoms with E-state index in [-0.39, 0.29) is 0 Å². The van der Waals surface area contributed by atoms with Gasteiger partial charge < -0.3 is 28.4 Å². The average molecular weight is 1050 g/mol. The SMILES string of the molecule is CCCCc1ccc(C2(C)c3ccc(N(c4ccc(B5OC(C)(C)C(C)(C)O5)cc4)c4ccc(-c5ccccc5)cc4)cc3-c3cc(N(c4ccc(B5OC(C)(C)C(C)(C)O5)cc4)c4ccc(-c5ccccc5)cc4)ccc32)cc1. The molecule has 0 aromatic heterocycles. The summed E-state index contributed by atoms with van der Waals surface area (Å²) in [6, 6.07) is 80.2. The summed E-state index contributed by atoms with van der Waals surface area (Å²) in [5.74, 6) is 0. The van der Waals surface area contributed by atoms with Crippen molar-refractivity contribution in [3.8, 4) is 33.4 Å². The lowest BCUT2D eigenvalue weighted by atomic mass is 9.74. The summed E-state index contributed by atoms with van der Waals surface area (Å²) in [6.45, 7) is 21.5. The molecule has 2 fully saturated rings. The highest BCUT2D eigenvalue weighted by atomic mass is 16.7. The number of benzene rings is 9. The second-order valence-electron chi connectivity index (χ2n) is 24.2. The van der Waals surface area contributed by atoms with Crippen molar-refractivity contribution >= 4 is 59.3 Å². The van der Waals surface area contributed by atoms with Gasteiger partial charge in [0.25, 0.3) is 0 Å². The Morgan fingerprint density at radius 3 is 1.02 bits per heavy atom. The van der Waals surface area contributed by atoms with E-state index in [0.717, 1.165) is 51.5 Å². The Kier molecular flexibility index (Phi) is 13.7. The van der Waals surface area contributed by atoms with E-state index in [9.17, 15) is 0 Å². The standard InChI is InChI=1S/C72H72B2N2O4/c1-11-12-19-50-24-30-55(31-25-50)72(10)66-46-44-62(75(58-36-26-53(27-37-58)51-20-15-13-16-21-51)60-40-32-56(33-41-60)73-77-68(2,3)69(4,5)78-73)48-64(66)65-49-63(45-47-67(65)72)76(59-38-28-54(29-39-59)52-22-17-14-18-23-52)61-42-34-57(35-43-61)74-79-70(6,7)71(8,9)80-74/h13-18,20-49H,11-12,19H2,1-10H3. The Hall–Kier alpha value is -7.45. The maximum Gasteiger partial charge on any atom is 0.494 e. The molecule has 0 unspecified atom stereocenters. The minimum absolute atomic E-state index is 0.440. The van der Waals surface area contributed by atoms with Gasteiger partial charge in [0.2, 0.25) is 0 Å². The number of unbranched alkanes of at least 4 members (excludes halogenated alkanes) is 1. The number of hydrogen-bond donors (Lipinski definition) is 0. The molecular weight excluding hydrogens is 978 g/mol. The van der Waals surface area contributed by atoms with Gasteiger partial charge in [-0.25, -0.2) is 0 Å². The quantitative estimate of drug-likeness (QED) is 0.101. The van der Waals surface area contributed by atoms with Crippen molar-refractivity contribution in [3.63, 3.8) is 0 Å². The third-order valence-electron chi connectivity index (χ3n) is 18.1. The van der Waals surface area contributed by atoms with Crippen LogP contribution in [0.2, 0.25) is 0 Å². The van der Waals surface area contributed by atoms with Crippen molar-refractivity contribution in [1.29, 1.82) is 0 Å². The molecule has 400 valence electrons. The van der Waals surface area contributed by atoms with Crippen LogP contribution in [0.4, 0.5) is 34.1 Å². The first-order valence-corrected chi connectivity index (χ1v) is 28.6. The Morgan fingerprint density at radius 2 is 0.675 bits per heavy atom. The van der Waals surface area contributed by atoms with Gasteiger partial charge in [-0.3, -0.25) is 0 Å². The third-order valence-corrected chi connectivity index (χ3v) is 18.1. The minimum atomic E-state index is -0.466. The van der Waals surface area contributed by atoms with Gasteiger partial charge in [0.15, 0.2) is 0 Å². The molecule has 0 saturated carbocycles.